The average Bonchev–Trinajstić information content (AvgIpc) is 2.32. The Morgan fingerprint density at radius 1 is 1.53 bits per heavy atom. The first-order chi connectivity index (χ1) is 7.99. The second-order valence-electron chi connectivity index (χ2n) is 3.29. The van der Waals surface area contributed by atoms with Crippen molar-refractivity contribution in [2.24, 2.45) is 0 Å². The number of benzene rings is 1. The van der Waals surface area contributed by atoms with Gasteiger partial charge in [0, 0.05) is 11.6 Å². The lowest BCUT2D eigenvalue weighted by Crippen LogP contribution is -1.98. The molecule has 6 heteroatoms. The van der Waals surface area contributed by atoms with Gasteiger partial charge in [0.15, 0.2) is 12.9 Å². The number of phenols is 2. The van der Waals surface area contributed by atoms with Crippen LogP contribution < -0.4 is 0 Å². The third-order valence-corrected chi connectivity index (χ3v) is 2.01. The average molecular weight is 235 g/mol. The largest absolute Gasteiger partial charge is 0.504 e. The fraction of sp³-hybridized carbons (Fsp3) is 0.182. The molecule has 6 nitrogen and oxygen atoms in total. The molecule has 1 aromatic carbocycles. The zero-order chi connectivity index (χ0) is 13.0. The van der Waals surface area contributed by atoms with Crippen molar-refractivity contribution in [3.05, 3.63) is 28.2 Å². The Hall–Kier alpha value is -2.55. The van der Waals surface area contributed by atoms with Crippen LogP contribution in [0.1, 0.15) is 12.5 Å². The van der Waals surface area contributed by atoms with E-state index in [0.29, 0.717) is 11.1 Å². The Morgan fingerprint density at radius 2 is 2.18 bits per heavy atom. The van der Waals surface area contributed by atoms with E-state index >= 15 is 0 Å². The Balaban J connectivity index is 3.35. The number of nitrogens with zero attached hydrogens (tertiary/aromatic N) is 2. The van der Waals surface area contributed by atoms with Gasteiger partial charge in [0.25, 0.3) is 4.92 Å². The van der Waals surface area contributed by atoms with Gasteiger partial charge in [-0.05, 0) is 24.6 Å². The van der Waals surface area contributed by atoms with Crippen molar-refractivity contribution in [2.75, 3.05) is 7.11 Å². The molecule has 0 bridgehead atoms. The molecule has 0 spiro atoms. The highest BCUT2D eigenvalue weighted by atomic mass is 16.8. The summed E-state index contributed by atoms with van der Waals surface area (Å²) in [6.45, 7) is 1.58. The molecule has 0 saturated carbocycles. The highest BCUT2D eigenvalue weighted by Gasteiger charge is 2.24. The van der Waals surface area contributed by atoms with Crippen LogP contribution in [0.4, 0.5) is 5.69 Å². The normalized spacial score (nSPS) is 10.8. The minimum Gasteiger partial charge on any atom is -0.504 e. The van der Waals surface area contributed by atoms with Crippen molar-refractivity contribution in [3.63, 3.8) is 0 Å². The zero-order valence-electron chi connectivity index (χ0n) is 9.34. The smallest absolute Gasteiger partial charge is 0.362 e. The second-order valence-corrected chi connectivity index (χ2v) is 3.29. The van der Waals surface area contributed by atoms with Crippen molar-refractivity contribution in [1.82, 2.24) is 0 Å². The molecule has 1 aromatic rings. The number of phenolic OH excluding ortho intramolecular Hbond substituents is 2. The van der Waals surface area contributed by atoms with Crippen molar-refractivity contribution in [2.45, 2.75) is 6.92 Å². The minimum atomic E-state index is -0.575. The first-order valence-electron chi connectivity index (χ1n) is 4.65. The number of rotatable bonds is 3. The summed E-state index contributed by atoms with van der Waals surface area (Å²) >= 11 is 0. The van der Waals surface area contributed by atoms with Crippen LogP contribution in [0.15, 0.2) is 17.7 Å². The summed E-state index contributed by atoms with van der Waals surface area (Å²) in [6.07, 6.45) is 1.46. The standard InChI is InChI=1S/C11H10N2O4/c1-7(6-12)3-8-4-9(13(16)17-2)11(15)10(14)5-8/h3-5H,1-2H3,(H-,14,15,16)/p+1/b7-3-. The molecule has 0 aliphatic heterocycles. The van der Waals surface area contributed by atoms with Gasteiger partial charge in [0.2, 0.25) is 5.75 Å². The van der Waals surface area contributed by atoms with E-state index in [2.05, 4.69) is 4.84 Å². The monoisotopic (exact) mass is 235 g/mol. The van der Waals surface area contributed by atoms with Gasteiger partial charge in [0.05, 0.1) is 11.0 Å². The second kappa shape index (κ2) is 4.99. The highest BCUT2D eigenvalue weighted by molar-refractivity contribution is 5.66. The molecule has 1 rings (SSSR count). The molecule has 2 N–H and O–H groups in total. The summed E-state index contributed by atoms with van der Waals surface area (Å²) < 4.78 is 0. The molecule has 0 radical (unpaired) electrons. The molecular formula is C11H11N2O4+. The number of allylic oxidation sites excluding steroid dienone is 1. The summed E-state index contributed by atoms with van der Waals surface area (Å²) in [5.74, 6) is -1.04. The van der Waals surface area contributed by atoms with E-state index in [0.717, 1.165) is 7.11 Å². The van der Waals surface area contributed by atoms with Crippen LogP contribution in [0.2, 0.25) is 0 Å². The van der Waals surface area contributed by atoms with Crippen LogP contribution in [-0.2, 0) is 4.84 Å². The summed E-state index contributed by atoms with van der Waals surface area (Å²) in [7, 11) is 1.13. The Morgan fingerprint density at radius 3 is 2.71 bits per heavy atom. The van der Waals surface area contributed by atoms with Gasteiger partial charge in [0.1, 0.15) is 0 Å². The Labute approximate surface area is 97.5 Å². The highest BCUT2D eigenvalue weighted by Crippen LogP contribution is 2.36. The maximum absolute atomic E-state index is 11.2. The molecule has 88 valence electrons. The number of hydrogen-bond donors (Lipinski definition) is 2. The number of hydrogen-bond acceptors (Lipinski definition) is 5. The van der Waals surface area contributed by atoms with Gasteiger partial charge in [-0.1, -0.05) is 0 Å². The van der Waals surface area contributed by atoms with Gasteiger partial charge in [-0.3, -0.25) is 0 Å². The summed E-state index contributed by atoms with van der Waals surface area (Å²) in [4.78, 5) is 15.7. The molecular weight excluding hydrogens is 224 g/mol. The van der Waals surface area contributed by atoms with Crippen LogP contribution in [-0.4, -0.2) is 22.2 Å². The van der Waals surface area contributed by atoms with Crippen LogP contribution in [0.5, 0.6) is 11.5 Å². The van der Waals surface area contributed by atoms with Gasteiger partial charge in [-0.15, -0.1) is 0 Å². The van der Waals surface area contributed by atoms with Crippen molar-refractivity contribution >= 4 is 11.8 Å². The zero-order valence-corrected chi connectivity index (χ0v) is 9.34. The topological polar surface area (TPSA) is 93.6 Å². The van der Waals surface area contributed by atoms with E-state index in [1.165, 1.54) is 18.2 Å². The molecule has 0 aromatic heterocycles. The van der Waals surface area contributed by atoms with Gasteiger partial charge in [-0.25, -0.2) is 4.84 Å². The quantitative estimate of drug-likeness (QED) is 0.474. The SMILES string of the molecule is CO[N+](=O)c1cc(/C=C(/C)C#N)cc(O)c1O. The first kappa shape index (κ1) is 12.5. The lowest BCUT2D eigenvalue weighted by Gasteiger charge is -2.00. The maximum Gasteiger partial charge on any atom is 0.362 e. The summed E-state index contributed by atoms with van der Waals surface area (Å²) in [5, 5.41) is 27.5. The predicted molar refractivity (Wildman–Crippen MR) is 59.3 cm³/mol. The fourth-order valence-electron chi connectivity index (χ4n) is 1.23. The molecule has 0 amide bonds. The lowest BCUT2D eigenvalue weighted by atomic mass is 10.1. The third-order valence-electron chi connectivity index (χ3n) is 2.01. The Bertz CT molecular complexity index is 529. The molecule has 0 saturated heterocycles. The molecule has 0 aliphatic carbocycles. The minimum absolute atomic E-state index is 0.0636. The molecule has 0 fully saturated rings. The van der Waals surface area contributed by atoms with Crippen molar-refractivity contribution < 1.29 is 20.0 Å². The third kappa shape index (κ3) is 2.72. The van der Waals surface area contributed by atoms with E-state index in [1.54, 1.807) is 6.92 Å². The summed E-state index contributed by atoms with van der Waals surface area (Å²) in [6, 6.07) is 4.44. The fourth-order valence-corrected chi connectivity index (χ4v) is 1.23. The first-order valence-corrected chi connectivity index (χ1v) is 4.65. The predicted octanol–water partition coefficient (Wildman–Crippen LogP) is 2.00. The van der Waals surface area contributed by atoms with Crippen LogP contribution in [0.25, 0.3) is 6.08 Å². The molecule has 0 atom stereocenters. The molecule has 0 heterocycles. The van der Waals surface area contributed by atoms with E-state index < -0.39 is 11.5 Å². The lowest BCUT2D eigenvalue weighted by molar-refractivity contribution is -0.736. The number of aromatic hydroxyl groups is 2. The maximum atomic E-state index is 11.2. The molecule has 0 aliphatic rings. The van der Waals surface area contributed by atoms with Gasteiger partial charge < -0.3 is 10.2 Å². The molecule has 0 unspecified atom stereocenters. The van der Waals surface area contributed by atoms with Crippen LogP contribution >= 0.6 is 0 Å². The summed E-state index contributed by atoms with van der Waals surface area (Å²) in [5.41, 5.74) is 0.577. The number of nitriles is 1. The van der Waals surface area contributed by atoms with Crippen LogP contribution in [0, 0.1) is 16.2 Å². The van der Waals surface area contributed by atoms with E-state index in [4.69, 9.17) is 5.26 Å². The van der Waals surface area contributed by atoms with Gasteiger partial charge in [-0.2, -0.15) is 5.26 Å². The van der Waals surface area contributed by atoms with Gasteiger partial charge >= 0.3 is 5.69 Å². The van der Waals surface area contributed by atoms with Crippen LogP contribution in [0.3, 0.4) is 0 Å². The van der Waals surface area contributed by atoms with E-state index in [9.17, 15) is 15.1 Å². The Kier molecular flexibility index (Phi) is 3.67. The van der Waals surface area contributed by atoms with E-state index in [-0.39, 0.29) is 10.6 Å². The van der Waals surface area contributed by atoms with Crippen molar-refractivity contribution in [3.8, 4) is 17.6 Å². The molecule has 17 heavy (non-hydrogen) atoms. The van der Waals surface area contributed by atoms with E-state index in [1.807, 2.05) is 6.07 Å². The van der Waals surface area contributed by atoms with Crippen molar-refractivity contribution in [1.29, 1.82) is 5.26 Å².